The minimum Gasteiger partial charge on any atom is -0.342 e. The van der Waals surface area contributed by atoms with Crippen LogP contribution in [-0.2, 0) is 11.2 Å². The summed E-state index contributed by atoms with van der Waals surface area (Å²) < 4.78 is 13.8. The van der Waals surface area contributed by atoms with Gasteiger partial charge in [-0.2, -0.15) is 5.10 Å². The molecule has 1 fully saturated rings. The zero-order chi connectivity index (χ0) is 17.2. The van der Waals surface area contributed by atoms with Crippen LogP contribution in [0.25, 0.3) is 11.2 Å². The molecule has 6 nitrogen and oxygen atoms in total. The van der Waals surface area contributed by atoms with Gasteiger partial charge < -0.3 is 4.90 Å². The number of aromatic amines is 1. The van der Waals surface area contributed by atoms with Gasteiger partial charge in [0.1, 0.15) is 11.3 Å². The average Bonchev–Trinajstić information content (AvgIpc) is 3.08. The number of hydrogen-bond donors (Lipinski definition) is 1. The molecule has 2 aromatic heterocycles. The van der Waals surface area contributed by atoms with E-state index in [2.05, 4.69) is 20.2 Å². The number of nitrogens with one attached hydrogen (secondary N) is 1. The van der Waals surface area contributed by atoms with Crippen molar-refractivity contribution in [2.45, 2.75) is 25.2 Å². The second kappa shape index (κ2) is 6.58. The number of aromatic nitrogens is 4. The second-order valence-electron chi connectivity index (χ2n) is 6.31. The number of hydrogen-bond acceptors (Lipinski definition) is 4. The topological polar surface area (TPSA) is 74.8 Å². The van der Waals surface area contributed by atoms with Crippen LogP contribution in [0.5, 0.6) is 0 Å². The molecule has 0 saturated carbocycles. The van der Waals surface area contributed by atoms with Crippen molar-refractivity contribution in [1.29, 1.82) is 0 Å². The summed E-state index contributed by atoms with van der Waals surface area (Å²) in [5.41, 5.74) is 2.71. The molecule has 0 aliphatic carbocycles. The van der Waals surface area contributed by atoms with Crippen molar-refractivity contribution in [2.75, 3.05) is 13.1 Å². The molecule has 1 N–H and O–H groups in total. The average molecular weight is 339 g/mol. The van der Waals surface area contributed by atoms with Crippen LogP contribution in [-0.4, -0.2) is 44.1 Å². The van der Waals surface area contributed by atoms with Gasteiger partial charge in [-0.1, -0.05) is 18.2 Å². The van der Waals surface area contributed by atoms with Crippen molar-refractivity contribution in [2.24, 2.45) is 0 Å². The molecule has 128 valence electrons. The van der Waals surface area contributed by atoms with Crippen LogP contribution < -0.4 is 0 Å². The van der Waals surface area contributed by atoms with Crippen molar-refractivity contribution < 1.29 is 9.18 Å². The molecule has 0 spiro atoms. The Bertz CT molecular complexity index is 909. The number of carbonyl (C=O) groups excluding carboxylic acids is 1. The van der Waals surface area contributed by atoms with Gasteiger partial charge in [-0.25, -0.2) is 14.4 Å². The molecule has 1 aliphatic heterocycles. The van der Waals surface area contributed by atoms with E-state index in [-0.39, 0.29) is 24.1 Å². The van der Waals surface area contributed by atoms with Crippen LogP contribution >= 0.6 is 0 Å². The maximum atomic E-state index is 13.8. The maximum absolute atomic E-state index is 13.8. The fourth-order valence-corrected chi connectivity index (χ4v) is 3.41. The third kappa shape index (κ3) is 3.09. The second-order valence-corrected chi connectivity index (χ2v) is 6.31. The molecule has 1 unspecified atom stereocenters. The molecule has 1 atom stereocenters. The lowest BCUT2D eigenvalue weighted by Crippen LogP contribution is -2.40. The SMILES string of the molecule is O=C(Cc1ccccc1F)N1CCCC(c2[nH]nc3nccnc23)C1. The summed E-state index contributed by atoms with van der Waals surface area (Å²) in [6.45, 7) is 1.28. The number of halogens is 1. The van der Waals surface area contributed by atoms with E-state index < -0.39 is 0 Å². The monoisotopic (exact) mass is 339 g/mol. The highest BCUT2D eigenvalue weighted by atomic mass is 19.1. The summed E-state index contributed by atoms with van der Waals surface area (Å²) in [5.74, 6) is -0.246. The van der Waals surface area contributed by atoms with Crippen LogP contribution in [0, 0.1) is 5.82 Å². The maximum Gasteiger partial charge on any atom is 0.227 e. The van der Waals surface area contributed by atoms with Crippen LogP contribution in [0.15, 0.2) is 36.7 Å². The minimum absolute atomic E-state index is 0.0512. The first kappa shape index (κ1) is 15.7. The largest absolute Gasteiger partial charge is 0.342 e. The van der Waals surface area contributed by atoms with Gasteiger partial charge in [0.2, 0.25) is 5.91 Å². The van der Waals surface area contributed by atoms with Gasteiger partial charge >= 0.3 is 0 Å². The van der Waals surface area contributed by atoms with E-state index in [4.69, 9.17) is 0 Å². The molecular weight excluding hydrogens is 321 g/mol. The molecule has 3 heterocycles. The first-order chi connectivity index (χ1) is 12.2. The van der Waals surface area contributed by atoms with Crippen LogP contribution in [0.4, 0.5) is 4.39 Å². The number of likely N-dealkylation sites (tertiary alicyclic amines) is 1. The fraction of sp³-hybridized carbons (Fsp3) is 0.333. The van der Waals surface area contributed by atoms with Crippen molar-refractivity contribution in [3.05, 3.63) is 53.7 Å². The van der Waals surface area contributed by atoms with E-state index in [9.17, 15) is 9.18 Å². The third-order valence-electron chi connectivity index (χ3n) is 4.70. The van der Waals surface area contributed by atoms with Gasteiger partial charge in [-0.05, 0) is 24.5 Å². The lowest BCUT2D eigenvalue weighted by molar-refractivity contribution is -0.131. The van der Waals surface area contributed by atoms with Gasteiger partial charge in [0.15, 0.2) is 5.65 Å². The third-order valence-corrected chi connectivity index (χ3v) is 4.70. The summed E-state index contributed by atoms with van der Waals surface area (Å²) >= 11 is 0. The quantitative estimate of drug-likeness (QED) is 0.795. The summed E-state index contributed by atoms with van der Waals surface area (Å²) in [4.78, 5) is 23.0. The van der Waals surface area contributed by atoms with Gasteiger partial charge in [-0.3, -0.25) is 9.89 Å². The highest BCUT2D eigenvalue weighted by Crippen LogP contribution is 2.29. The van der Waals surface area contributed by atoms with Gasteiger partial charge in [-0.15, -0.1) is 0 Å². The molecule has 0 bridgehead atoms. The van der Waals surface area contributed by atoms with Crippen LogP contribution in [0.3, 0.4) is 0 Å². The number of H-pyrrole nitrogens is 1. The predicted molar refractivity (Wildman–Crippen MR) is 90.3 cm³/mol. The molecule has 7 heteroatoms. The Balaban J connectivity index is 1.51. The van der Waals surface area contributed by atoms with Crippen molar-refractivity contribution >= 4 is 17.1 Å². The smallest absolute Gasteiger partial charge is 0.227 e. The summed E-state index contributed by atoms with van der Waals surface area (Å²) in [6.07, 6.45) is 5.19. The Labute approximate surface area is 144 Å². The molecule has 25 heavy (non-hydrogen) atoms. The van der Waals surface area contributed by atoms with E-state index in [1.807, 2.05) is 4.90 Å². The first-order valence-electron chi connectivity index (χ1n) is 8.38. The van der Waals surface area contributed by atoms with Crippen molar-refractivity contribution in [3.8, 4) is 0 Å². The lowest BCUT2D eigenvalue weighted by Gasteiger charge is -2.32. The first-order valence-corrected chi connectivity index (χ1v) is 8.38. The molecule has 4 rings (SSSR count). The zero-order valence-electron chi connectivity index (χ0n) is 13.7. The number of amides is 1. The minimum atomic E-state index is -0.334. The van der Waals surface area contributed by atoms with E-state index in [0.717, 1.165) is 24.1 Å². The Morgan fingerprint density at radius 1 is 1.28 bits per heavy atom. The fourth-order valence-electron chi connectivity index (χ4n) is 3.41. The standard InChI is InChI=1S/C18H18FN5O/c19-14-6-2-1-4-12(14)10-15(25)24-9-3-5-13(11-24)16-17-18(23-22-16)21-8-7-20-17/h1-2,4,6-8,13H,3,5,9-11H2,(H,21,22,23). The van der Waals surface area contributed by atoms with Crippen LogP contribution in [0.2, 0.25) is 0 Å². The van der Waals surface area contributed by atoms with Gasteiger partial charge in [0.05, 0.1) is 12.1 Å². The Morgan fingerprint density at radius 3 is 3.00 bits per heavy atom. The van der Waals surface area contributed by atoms with E-state index in [0.29, 0.717) is 24.3 Å². The van der Waals surface area contributed by atoms with Gasteiger partial charge in [0.25, 0.3) is 0 Å². The molecule has 1 saturated heterocycles. The molecular formula is C18H18FN5O. The number of benzene rings is 1. The summed E-state index contributed by atoms with van der Waals surface area (Å²) in [7, 11) is 0. The van der Waals surface area contributed by atoms with Gasteiger partial charge in [0, 0.05) is 31.4 Å². The van der Waals surface area contributed by atoms with E-state index >= 15 is 0 Å². The normalized spacial score (nSPS) is 17.8. The highest BCUT2D eigenvalue weighted by Gasteiger charge is 2.28. The summed E-state index contributed by atoms with van der Waals surface area (Å²) in [6, 6.07) is 6.43. The summed E-state index contributed by atoms with van der Waals surface area (Å²) in [5, 5.41) is 7.22. The molecule has 1 aliphatic rings. The number of rotatable bonds is 3. The van der Waals surface area contributed by atoms with E-state index in [1.165, 1.54) is 6.07 Å². The predicted octanol–water partition coefficient (Wildman–Crippen LogP) is 2.44. The number of nitrogens with zero attached hydrogens (tertiary/aromatic N) is 4. The number of carbonyl (C=O) groups is 1. The lowest BCUT2D eigenvalue weighted by atomic mass is 9.94. The highest BCUT2D eigenvalue weighted by molar-refractivity contribution is 5.79. The Hall–Kier alpha value is -2.83. The molecule has 1 aromatic carbocycles. The van der Waals surface area contributed by atoms with Crippen molar-refractivity contribution in [1.82, 2.24) is 25.1 Å². The Morgan fingerprint density at radius 2 is 2.12 bits per heavy atom. The molecule has 1 amide bonds. The van der Waals surface area contributed by atoms with Crippen LogP contribution in [0.1, 0.15) is 30.0 Å². The molecule has 0 radical (unpaired) electrons. The number of piperidine rings is 1. The van der Waals surface area contributed by atoms with E-state index in [1.54, 1.807) is 30.6 Å². The molecule has 3 aromatic rings. The number of fused-ring (bicyclic) bond motifs is 1. The Kier molecular flexibility index (Phi) is 4.13. The zero-order valence-corrected chi connectivity index (χ0v) is 13.7. The van der Waals surface area contributed by atoms with Crippen molar-refractivity contribution in [3.63, 3.8) is 0 Å².